The molecule has 1 aromatic rings. The van der Waals surface area contributed by atoms with E-state index in [0.717, 1.165) is 6.92 Å². The Morgan fingerprint density at radius 3 is 2.24 bits per heavy atom. The van der Waals surface area contributed by atoms with Gasteiger partial charge < -0.3 is 5.32 Å². The molecule has 0 unspecified atom stereocenters. The summed E-state index contributed by atoms with van der Waals surface area (Å²) >= 11 is 0. The van der Waals surface area contributed by atoms with Crippen molar-refractivity contribution in [3.05, 3.63) is 27.8 Å². The molecule has 0 aliphatic carbocycles. The molecule has 3 N–H and O–H groups in total. The van der Waals surface area contributed by atoms with Crippen LogP contribution in [-0.4, -0.2) is 19.2 Å². The molecule has 0 aliphatic rings. The van der Waals surface area contributed by atoms with Crippen LogP contribution < -0.4 is 10.5 Å². The SMILES string of the molecule is CC(=O)Nc1c([N+](=O)[O-])cc(S(N)(=O)=O)cc1C(F)(F)F. The summed E-state index contributed by atoms with van der Waals surface area (Å²) in [5.41, 5.74) is -4.06. The van der Waals surface area contributed by atoms with Crippen LogP contribution in [0, 0.1) is 10.1 Å². The number of anilines is 1. The quantitative estimate of drug-likeness (QED) is 0.636. The maximum atomic E-state index is 12.9. The van der Waals surface area contributed by atoms with Crippen LogP contribution in [0.3, 0.4) is 0 Å². The molecule has 12 heteroatoms. The second kappa shape index (κ2) is 5.29. The predicted molar refractivity (Wildman–Crippen MR) is 63.8 cm³/mol. The first-order valence-electron chi connectivity index (χ1n) is 5.04. The van der Waals surface area contributed by atoms with Crippen molar-refractivity contribution in [3.8, 4) is 0 Å². The van der Waals surface area contributed by atoms with Crippen molar-refractivity contribution in [2.45, 2.75) is 18.0 Å². The van der Waals surface area contributed by atoms with Crippen molar-refractivity contribution in [3.63, 3.8) is 0 Å². The minimum absolute atomic E-state index is 0.119. The predicted octanol–water partition coefficient (Wildman–Crippen LogP) is 1.22. The van der Waals surface area contributed by atoms with Gasteiger partial charge in [0.2, 0.25) is 15.9 Å². The normalized spacial score (nSPS) is 12.0. The fraction of sp³-hybridized carbons (Fsp3) is 0.222. The van der Waals surface area contributed by atoms with Gasteiger partial charge in [-0.05, 0) is 6.07 Å². The van der Waals surface area contributed by atoms with E-state index in [9.17, 15) is 36.5 Å². The zero-order valence-corrected chi connectivity index (χ0v) is 11.1. The van der Waals surface area contributed by atoms with Crippen LogP contribution in [0.5, 0.6) is 0 Å². The molecule has 0 aliphatic heterocycles. The van der Waals surface area contributed by atoms with Gasteiger partial charge in [0.25, 0.3) is 5.69 Å². The lowest BCUT2D eigenvalue weighted by molar-refractivity contribution is -0.384. The number of nitrogens with zero attached hydrogens (tertiary/aromatic N) is 1. The monoisotopic (exact) mass is 327 g/mol. The maximum absolute atomic E-state index is 12.9. The molecular weight excluding hydrogens is 319 g/mol. The summed E-state index contributed by atoms with van der Waals surface area (Å²) in [7, 11) is -4.60. The van der Waals surface area contributed by atoms with E-state index in [0.29, 0.717) is 6.07 Å². The smallest absolute Gasteiger partial charge is 0.320 e. The average Bonchev–Trinajstić information content (AvgIpc) is 2.24. The first-order chi connectivity index (χ1) is 9.34. The number of rotatable bonds is 3. The molecule has 1 aromatic carbocycles. The Bertz CT molecular complexity index is 714. The molecule has 1 amide bonds. The van der Waals surface area contributed by atoms with Crippen LogP contribution in [-0.2, 0) is 21.0 Å². The average molecular weight is 327 g/mol. The van der Waals surface area contributed by atoms with Gasteiger partial charge in [-0.25, -0.2) is 13.6 Å². The molecule has 0 bridgehead atoms. The molecule has 0 spiro atoms. The van der Waals surface area contributed by atoms with E-state index in [2.05, 4.69) is 5.14 Å². The summed E-state index contributed by atoms with van der Waals surface area (Å²) in [5, 5.41) is 17.2. The first-order valence-corrected chi connectivity index (χ1v) is 6.58. The number of nitro groups is 1. The molecule has 21 heavy (non-hydrogen) atoms. The van der Waals surface area contributed by atoms with Gasteiger partial charge in [-0.2, -0.15) is 13.2 Å². The fourth-order valence-electron chi connectivity index (χ4n) is 1.44. The topological polar surface area (TPSA) is 132 Å². The van der Waals surface area contributed by atoms with Gasteiger partial charge in [-0.15, -0.1) is 0 Å². The summed E-state index contributed by atoms with van der Waals surface area (Å²) in [6.07, 6.45) is -5.14. The number of alkyl halides is 3. The molecule has 0 radical (unpaired) electrons. The third-order valence-electron chi connectivity index (χ3n) is 2.22. The van der Waals surface area contributed by atoms with Gasteiger partial charge in [0.15, 0.2) is 0 Å². The van der Waals surface area contributed by atoms with Gasteiger partial charge in [-0.3, -0.25) is 14.9 Å². The Labute approximate surface area is 115 Å². The second-order valence-electron chi connectivity index (χ2n) is 3.85. The molecule has 0 saturated heterocycles. The van der Waals surface area contributed by atoms with E-state index >= 15 is 0 Å². The summed E-state index contributed by atoms with van der Waals surface area (Å²) in [6, 6.07) is 0.462. The van der Waals surface area contributed by atoms with E-state index in [1.165, 1.54) is 0 Å². The number of halogens is 3. The number of primary sulfonamides is 1. The van der Waals surface area contributed by atoms with E-state index in [1.807, 2.05) is 0 Å². The number of hydrogen-bond donors (Lipinski definition) is 2. The van der Waals surface area contributed by atoms with E-state index in [1.54, 1.807) is 5.32 Å². The van der Waals surface area contributed by atoms with Gasteiger partial charge in [-0.1, -0.05) is 0 Å². The molecule has 0 saturated carbocycles. The van der Waals surface area contributed by atoms with Crippen LogP contribution in [0.2, 0.25) is 0 Å². The van der Waals surface area contributed by atoms with Crippen molar-refractivity contribution in [1.82, 2.24) is 0 Å². The largest absolute Gasteiger partial charge is 0.418 e. The Balaban J connectivity index is 3.83. The lowest BCUT2D eigenvalue weighted by Gasteiger charge is -2.14. The highest BCUT2D eigenvalue weighted by Crippen LogP contribution is 2.41. The van der Waals surface area contributed by atoms with Crippen molar-refractivity contribution in [2.75, 3.05) is 5.32 Å². The van der Waals surface area contributed by atoms with Crippen LogP contribution >= 0.6 is 0 Å². The molecular formula is C9H8F3N3O5S. The highest BCUT2D eigenvalue weighted by Gasteiger charge is 2.39. The van der Waals surface area contributed by atoms with E-state index in [4.69, 9.17) is 0 Å². The number of benzene rings is 1. The Hall–Kier alpha value is -2.21. The van der Waals surface area contributed by atoms with Crippen LogP contribution in [0.25, 0.3) is 0 Å². The van der Waals surface area contributed by atoms with E-state index < -0.39 is 48.9 Å². The Morgan fingerprint density at radius 2 is 1.90 bits per heavy atom. The Morgan fingerprint density at radius 1 is 1.38 bits per heavy atom. The van der Waals surface area contributed by atoms with E-state index in [-0.39, 0.29) is 6.07 Å². The van der Waals surface area contributed by atoms with Crippen molar-refractivity contribution in [1.29, 1.82) is 0 Å². The first kappa shape index (κ1) is 16.8. The highest BCUT2D eigenvalue weighted by atomic mass is 32.2. The highest BCUT2D eigenvalue weighted by molar-refractivity contribution is 7.89. The second-order valence-corrected chi connectivity index (χ2v) is 5.41. The van der Waals surface area contributed by atoms with Gasteiger partial charge >= 0.3 is 6.18 Å². The number of nitro benzene ring substituents is 1. The minimum Gasteiger partial charge on any atom is -0.320 e. The van der Waals surface area contributed by atoms with Crippen molar-refractivity contribution >= 4 is 27.3 Å². The molecule has 0 fully saturated rings. The standard InChI is InChI=1S/C9H8F3N3O5S/c1-4(16)14-8-6(9(10,11)12)2-5(21(13,19)20)3-7(8)15(17)18/h2-3H,1H3,(H,14,16)(H2,13,19,20). The number of carbonyl (C=O) groups excluding carboxylic acids is 1. The summed E-state index contributed by atoms with van der Waals surface area (Å²) in [4.78, 5) is 19.4. The van der Waals surface area contributed by atoms with Crippen LogP contribution in [0.4, 0.5) is 24.5 Å². The molecule has 0 heterocycles. The number of hydrogen-bond acceptors (Lipinski definition) is 5. The minimum atomic E-state index is -5.14. The van der Waals surface area contributed by atoms with Gasteiger partial charge in [0.1, 0.15) is 5.69 Å². The summed E-state index contributed by atoms with van der Waals surface area (Å²) < 4.78 is 60.9. The number of nitrogens with one attached hydrogen (secondary N) is 1. The summed E-state index contributed by atoms with van der Waals surface area (Å²) in [6.45, 7) is 0.845. The van der Waals surface area contributed by atoms with Crippen LogP contribution in [0.15, 0.2) is 17.0 Å². The molecule has 0 atom stereocenters. The third kappa shape index (κ3) is 3.88. The molecule has 116 valence electrons. The number of carbonyl (C=O) groups is 1. The Kier molecular flexibility index (Phi) is 4.24. The molecule has 0 aromatic heterocycles. The molecule has 8 nitrogen and oxygen atoms in total. The summed E-state index contributed by atoms with van der Waals surface area (Å²) in [5.74, 6) is -0.994. The molecule has 1 rings (SSSR count). The van der Waals surface area contributed by atoms with Crippen molar-refractivity contribution < 1.29 is 31.3 Å². The van der Waals surface area contributed by atoms with Gasteiger partial charge in [0, 0.05) is 13.0 Å². The lowest BCUT2D eigenvalue weighted by atomic mass is 10.1. The number of nitrogens with two attached hydrogens (primary N) is 1. The maximum Gasteiger partial charge on any atom is 0.418 e. The zero-order valence-electron chi connectivity index (χ0n) is 10.3. The number of sulfonamides is 1. The zero-order chi connectivity index (χ0) is 16.6. The lowest BCUT2D eigenvalue weighted by Crippen LogP contribution is -2.19. The van der Waals surface area contributed by atoms with Gasteiger partial charge in [0.05, 0.1) is 15.4 Å². The third-order valence-corrected chi connectivity index (χ3v) is 3.12. The van der Waals surface area contributed by atoms with Crippen LogP contribution in [0.1, 0.15) is 12.5 Å². The fourth-order valence-corrected chi connectivity index (χ4v) is 2.00. The number of amides is 1. The van der Waals surface area contributed by atoms with Crippen molar-refractivity contribution in [2.24, 2.45) is 5.14 Å².